The van der Waals surface area contributed by atoms with E-state index in [1.165, 1.54) is 11.1 Å². The molecule has 0 fully saturated rings. The molecule has 140 valence electrons. The molecular formula is C21H17Cl2N5. The van der Waals surface area contributed by atoms with Crippen molar-refractivity contribution in [2.45, 2.75) is 25.3 Å². The molecule has 3 aromatic rings. The number of rotatable bonds is 2. The lowest BCUT2D eigenvalue weighted by Gasteiger charge is -2.34. The summed E-state index contributed by atoms with van der Waals surface area (Å²) in [5.41, 5.74) is 5.94. The topological polar surface area (TPSA) is 55.6 Å². The minimum Gasteiger partial charge on any atom is -0.323 e. The number of hydrogen-bond donors (Lipinski definition) is 1. The van der Waals surface area contributed by atoms with Gasteiger partial charge in [0.05, 0.1) is 0 Å². The molecule has 0 saturated carbocycles. The second-order valence-electron chi connectivity index (χ2n) is 7.00. The van der Waals surface area contributed by atoms with Gasteiger partial charge in [0.2, 0.25) is 5.95 Å². The molecule has 1 aromatic heterocycles. The van der Waals surface area contributed by atoms with Gasteiger partial charge < -0.3 is 5.32 Å². The van der Waals surface area contributed by atoms with Crippen LogP contribution in [0.15, 0.2) is 65.4 Å². The predicted molar refractivity (Wildman–Crippen MR) is 111 cm³/mol. The van der Waals surface area contributed by atoms with Gasteiger partial charge in [0.25, 0.3) is 0 Å². The molecular weight excluding hydrogens is 393 g/mol. The number of nitrogens with zero attached hydrogens (tertiary/aromatic N) is 4. The van der Waals surface area contributed by atoms with E-state index in [0.717, 1.165) is 46.1 Å². The first-order chi connectivity index (χ1) is 13.7. The largest absolute Gasteiger partial charge is 0.323 e. The van der Waals surface area contributed by atoms with Crippen molar-refractivity contribution in [3.63, 3.8) is 0 Å². The van der Waals surface area contributed by atoms with E-state index in [-0.39, 0.29) is 6.04 Å². The van der Waals surface area contributed by atoms with Crippen molar-refractivity contribution in [3.05, 3.63) is 86.5 Å². The number of aromatic nitrogens is 4. The highest BCUT2D eigenvalue weighted by Crippen LogP contribution is 2.43. The molecule has 0 spiro atoms. The third-order valence-electron chi connectivity index (χ3n) is 5.24. The lowest BCUT2D eigenvalue weighted by molar-refractivity contribution is 0.524. The van der Waals surface area contributed by atoms with Gasteiger partial charge >= 0.3 is 0 Å². The van der Waals surface area contributed by atoms with Gasteiger partial charge in [-0.1, -0.05) is 52.6 Å². The molecule has 1 aliphatic heterocycles. The third-order valence-corrected chi connectivity index (χ3v) is 5.74. The van der Waals surface area contributed by atoms with Crippen LogP contribution in [0.3, 0.4) is 0 Å². The fourth-order valence-electron chi connectivity index (χ4n) is 3.96. The molecule has 0 bridgehead atoms. The van der Waals surface area contributed by atoms with Crippen LogP contribution in [0.5, 0.6) is 0 Å². The van der Waals surface area contributed by atoms with E-state index in [4.69, 9.17) is 23.2 Å². The third kappa shape index (κ3) is 3.11. The van der Waals surface area contributed by atoms with Crippen LogP contribution >= 0.6 is 23.2 Å². The van der Waals surface area contributed by atoms with Crippen LogP contribution < -0.4 is 5.32 Å². The highest BCUT2D eigenvalue weighted by molar-refractivity contribution is 6.30. The molecule has 0 saturated heterocycles. The SMILES string of the molecule is Clc1ccc(/C=C2\CCCC3=C2Nc2nnnn2C3c2ccc(Cl)cc2)cc1. The van der Waals surface area contributed by atoms with Crippen LogP contribution in [0, 0.1) is 0 Å². The van der Waals surface area contributed by atoms with Crippen molar-refractivity contribution in [2.75, 3.05) is 5.32 Å². The van der Waals surface area contributed by atoms with Crippen molar-refractivity contribution < 1.29 is 0 Å². The van der Waals surface area contributed by atoms with E-state index in [0.29, 0.717) is 5.95 Å². The Hall–Kier alpha value is -2.63. The molecule has 5 nitrogen and oxygen atoms in total. The van der Waals surface area contributed by atoms with Gasteiger partial charge in [-0.05, 0) is 82.3 Å². The number of nitrogens with one attached hydrogen (secondary N) is 1. The van der Waals surface area contributed by atoms with Crippen molar-refractivity contribution in [1.82, 2.24) is 20.2 Å². The van der Waals surface area contributed by atoms with Crippen molar-refractivity contribution >= 4 is 35.2 Å². The molecule has 5 rings (SSSR count). The standard InChI is InChI=1S/C21H17Cl2N5/c22-16-8-4-13(5-9-16)12-15-2-1-3-18-19(15)24-21-25-26-27-28(21)20(18)14-6-10-17(23)11-7-14/h4-12,20H,1-3H2,(H,24,25,27)/b15-12+. The zero-order valence-corrected chi connectivity index (χ0v) is 16.5. The van der Waals surface area contributed by atoms with E-state index in [1.54, 1.807) is 0 Å². The molecule has 1 aliphatic carbocycles. The summed E-state index contributed by atoms with van der Waals surface area (Å²) in [6, 6.07) is 15.8. The van der Waals surface area contributed by atoms with Crippen LogP contribution in [0.25, 0.3) is 6.08 Å². The molecule has 2 aliphatic rings. The summed E-state index contributed by atoms with van der Waals surface area (Å²) in [5.74, 6) is 0.655. The molecule has 28 heavy (non-hydrogen) atoms. The van der Waals surface area contributed by atoms with Gasteiger partial charge in [0.15, 0.2) is 0 Å². The van der Waals surface area contributed by atoms with E-state index in [1.807, 2.05) is 53.2 Å². The number of halogens is 2. The van der Waals surface area contributed by atoms with Gasteiger partial charge in [0, 0.05) is 15.7 Å². The van der Waals surface area contributed by atoms with Crippen LogP contribution in [0.4, 0.5) is 5.95 Å². The highest BCUT2D eigenvalue weighted by atomic mass is 35.5. The molecule has 0 radical (unpaired) electrons. The smallest absolute Gasteiger partial charge is 0.248 e. The maximum absolute atomic E-state index is 6.10. The van der Waals surface area contributed by atoms with Crippen molar-refractivity contribution in [1.29, 1.82) is 0 Å². The van der Waals surface area contributed by atoms with E-state index >= 15 is 0 Å². The summed E-state index contributed by atoms with van der Waals surface area (Å²) in [6.45, 7) is 0. The summed E-state index contributed by atoms with van der Waals surface area (Å²) in [5, 5.41) is 17.2. The predicted octanol–water partition coefficient (Wildman–Crippen LogP) is 5.52. The zero-order chi connectivity index (χ0) is 19.1. The maximum atomic E-state index is 6.10. The summed E-state index contributed by atoms with van der Waals surface area (Å²) in [4.78, 5) is 0. The first-order valence-electron chi connectivity index (χ1n) is 9.19. The van der Waals surface area contributed by atoms with Gasteiger partial charge in [-0.3, -0.25) is 0 Å². The van der Waals surface area contributed by atoms with E-state index in [9.17, 15) is 0 Å². The van der Waals surface area contributed by atoms with Crippen LogP contribution in [-0.2, 0) is 0 Å². The van der Waals surface area contributed by atoms with Gasteiger partial charge in [-0.15, -0.1) is 0 Å². The normalized spacial score (nSPS) is 19.9. The first kappa shape index (κ1) is 17.5. The highest BCUT2D eigenvalue weighted by Gasteiger charge is 2.33. The fourth-order valence-corrected chi connectivity index (χ4v) is 4.21. The average Bonchev–Trinajstić information content (AvgIpc) is 3.17. The van der Waals surface area contributed by atoms with Crippen molar-refractivity contribution in [3.8, 4) is 0 Å². The Balaban J connectivity index is 1.63. The number of hydrogen-bond acceptors (Lipinski definition) is 4. The molecule has 2 aromatic carbocycles. The summed E-state index contributed by atoms with van der Waals surface area (Å²) in [7, 11) is 0. The summed E-state index contributed by atoms with van der Waals surface area (Å²) in [6.07, 6.45) is 5.30. The Bertz CT molecular complexity index is 1080. The second-order valence-corrected chi connectivity index (χ2v) is 7.87. The van der Waals surface area contributed by atoms with Crippen LogP contribution in [0.1, 0.15) is 36.4 Å². The van der Waals surface area contributed by atoms with E-state index in [2.05, 4.69) is 26.9 Å². The molecule has 1 atom stereocenters. The average molecular weight is 410 g/mol. The van der Waals surface area contributed by atoms with Crippen molar-refractivity contribution in [2.24, 2.45) is 0 Å². The van der Waals surface area contributed by atoms with Crippen LogP contribution in [0.2, 0.25) is 10.0 Å². The van der Waals surface area contributed by atoms with Gasteiger partial charge in [0.1, 0.15) is 6.04 Å². The lowest BCUT2D eigenvalue weighted by atomic mass is 9.83. The number of fused-ring (bicyclic) bond motifs is 1. The summed E-state index contributed by atoms with van der Waals surface area (Å²) >= 11 is 12.1. The Morgan fingerprint density at radius 3 is 2.43 bits per heavy atom. The Morgan fingerprint density at radius 2 is 1.68 bits per heavy atom. The quantitative estimate of drug-likeness (QED) is 0.605. The number of allylic oxidation sites excluding steroid dienone is 2. The molecule has 7 heteroatoms. The summed E-state index contributed by atoms with van der Waals surface area (Å²) < 4.78 is 1.85. The Labute approximate surface area is 172 Å². The number of anilines is 1. The fraction of sp³-hybridized carbons (Fsp3) is 0.190. The first-order valence-corrected chi connectivity index (χ1v) is 9.94. The monoisotopic (exact) mass is 409 g/mol. The molecule has 1 unspecified atom stereocenters. The Morgan fingerprint density at radius 1 is 0.964 bits per heavy atom. The zero-order valence-electron chi connectivity index (χ0n) is 14.9. The number of benzene rings is 2. The van der Waals surface area contributed by atoms with E-state index < -0.39 is 0 Å². The van der Waals surface area contributed by atoms with Gasteiger partial charge in [-0.2, -0.15) is 4.68 Å². The van der Waals surface area contributed by atoms with Gasteiger partial charge in [-0.25, -0.2) is 0 Å². The second kappa shape index (κ2) is 7.08. The Kier molecular flexibility index (Phi) is 4.41. The minimum absolute atomic E-state index is 0.0348. The number of tetrazole rings is 1. The molecule has 2 heterocycles. The maximum Gasteiger partial charge on any atom is 0.248 e. The minimum atomic E-state index is -0.0348. The molecule has 1 N–H and O–H groups in total. The lowest BCUT2D eigenvalue weighted by Crippen LogP contribution is -2.28. The molecule has 0 amide bonds. The van der Waals surface area contributed by atoms with Crippen LogP contribution in [-0.4, -0.2) is 20.2 Å².